The van der Waals surface area contributed by atoms with Crippen LogP contribution in [0.1, 0.15) is 48.3 Å². The second-order valence-corrected chi connectivity index (χ2v) is 6.75. The van der Waals surface area contributed by atoms with Gasteiger partial charge in [0, 0.05) is 38.5 Å². The first-order chi connectivity index (χ1) is 12.5. The molecule has 1 amide bonds. The Morgan fingerprint density at radius 3 is 2.85 bits per heavy atom. The van der Waals surface area contributed by atoms with Crippen LogP contribution in [0.5, 0.6) is 0 Å². The molecule has 7 heteroatoms. The molecule has 0 radical (unpaired) electrons. The van der Waals surface area contributed by atoms with E-state index in [0.29, 0.717) is 36.0 Å². The average molecular weight is 357 g/mol. The van der Waals surface area contributed by atoms with Gasteiger partial charge in [0.2, 0.25) is 0 Å². The molecule has 0 bridgehead atoms. The first-order valence-corrected chi connectivity index (χ1v) is 8.98. The van der Waals surface area contributed by atoms with Crippen LogP contribution in [0.2, 0.25) is 0 Å². The molecule has 0 fully saturated rings. The fourth-order valence-electron chi connectivity index (χ4n) is 3.34. The molecular formula is C19H23N3O4. The van der Waals surface area contributed by atoms with Gasteiger partial charge in [0.15, 0.2) is 0 Å². The van der Waals surface area contributed by atoms with Gasteiger partial charge >= 0.3 is 5.97 Å². The fourth-order valence-corrected chi connectivity index (χ4v) is 3.34. The van der Waals surface area contributed by atoms with Crippen molar-refractivity contribution in [2.24, 2.45) is 0 Å². The summed E-state index contributed by atoms with van der Waals surface area (Å²) in [4.78, 5) is 42.0. The first-order valence-electron chi connectivity index (χ1n) is 8.98. The van der Waals surface area contributed by atoms with Crippen LogP contribution in [0.3, 0.4) is 0 Å². The van der Waals surface area contributed by atoms with Crippen molar-refractivity contribution in [3.63, 3.8) is 0 Å². The number of carbonyl (C=O) groups excluding carboxylic acids is 1. The molecule has 1 aliphatic heterocycles. The summed E-state index contributed by atoms with van der Waals surface area (Å²) in [7, 11) is 1.65. The van der Waals surface area contributed by atoms with Gasteiger partial charge in [-0.15, -0.1) is 0 Å². The van der Waals surface area contributed by atoms with E-state index in [9.17, 15) is 14.4 Å². The fraction of sp³-hybridized carbons (Fsp3) is 0.474. The largest absolute Gasteiger partial charge is 0.481 e. The third-order valence-corrected chi connectivity index (χ3v) is 4.79. The van der Waals surface area contributed by atoms with E-state index in [-0.39, 0.29) is 17.9 Å². The quantitative estimate of drug-likeness (QED) is 0.884. The van der Waals surface area contributed by atoms with Gasteiger partial charge in [-0.1, -0.05) is 6.42 Å². The highest BCUT2D eigenvalue weighted by molar-refractivity contribution is 5.97. The highest BCUT2D eigenvalue weighted by Gasteiger charge is 2.17. The number of fused-ring (bicyclic) bond motifs is 2. The molecule has 138 valence electrons. The lowest BCUT2D eigenvalue weighted by molar-refractivity contribution is -0.137. The minimum Gasteiger partial charge on any atom is -0.481 e. The van der Waals surface area contributed by atoms with Crippen LogP contribution < -0.4 is 5.56 Å². The number of aromatic nitrogens is 2. The van der Waals surface area contributed by atoms with E-state index >= 15 is 0 Å². The number of rotatable bonds is 5. The predicted octanol–water partition coefficient (Wildman–Crippen LogP) is 2.06. The van der Waals surface area contributed by atoms with E-state index < -0.39 is 5.97 Å². The van der Waals surface area contributed by atoms with Gasteiger partial charge in [-0.3, -0.25) is 19.0 Å². The molecule has 0 saturated carbocycles. The summed E-state index contributed by atoms with van der Waals surface area (Å²) in [5, 5.41) is 9.23. The SMILES string of the molecule is CN(CCCC(=O)O)C(=O)c1ccc2c(=O)n3c(nc2c1)CCCCC3. The lowest BCUT2D eigenvalue weighted by atomic mass is 10.1. The van der Waals surface area contributed by atoms with Gasteiger partial charge in [-0.25, -0.2) is 4.98 Å². The Bertz CT molecular complexity index is 904. The normalized spacial score (nSPS) is 13.9. The molecule has 0 saturated heterocycles. The van der Waals surface area contributed by atoms with Crippen molar-refractivity contribution in [3.05, 3.63) is 39.9 Å². The summed E-state index contributed by atoms with van der Waals surface area (Å²) in [5.74, 6) is -0.282. The Kier molecular flexibility index (Phi) is 5.35. The number of nitrogens with zero attached hydrogens (tertiary/aromatic N) is 3. The van der Waals surface area contributed by atoms with Crippen LogP contribution in [0, 0.1) is 0 Å². The number of aryl methyl sites for hydroxylation is 1. The van der Waals surface area contributed by atoms with Crippen molar-refractivity contribution < 1.29 is 14.7 Å². The predicted molar refractivity (Wildman–Crippen MR) is 97.4 cm³/mol. The van der Waals surface area contributed by atoms with E-state index in [0.717, 1.165) is 31.5 Å². The molecule has 26 heavy (non-hydrogen) atoms. The second-order valence-electron chi connectivity index (χ2n) is 6.75. The standard InChI is InChI=1S/C19H23N3O4/c1-21(10-5-7-17(23)24)18(25)13-8-9-14-15(12-13)20-16-6-3-2-4-11-22(16)19(14)26/h8-9,12H,2-7,10-11H2,1H3,(H,23,24). The van der Waals surface area contributed by atoms with Crippen molar-refractivity contribution in [2.45, 2.75) is 45.1 Å². The summed E-state index contributed by atoms with van der Waals surface area (Å²) >= 11 is 0. The Balaban J connectivity index is 1.88. The van der Waals surface area contributed by atoms with Gasteiger partial charge in [-0.2, -0.15) is 0 Å². The summed E-state index contributed by atoms with van der Waals surface area (Å²) in [6, 6.07) is 4.98. The summed E-state index contributed by atoms with van der Waals surface area (Å²) in [5.41, 5.74) is 0.967. The van der Waals surface area contributed by atoms with Gasteiger partial charge < -0.3 is 10.0 Å². The Labute approximate surface area is 151 Å². The third-order valence-electron chi connectivity index (χ3n) is 4.79. The summed E-state index contributed by atoms with van der Waals surface area (Å²) in [6.45, 7) is 1.06. The van der Waals surface area contributed by atoms with E-state index in [1.807, 2.05) is 0 Å². The monoisotopic (exact) mass is 357 g/mol. The maximum Gasteiger partial charge on any atom is 0.303 e. The maximum atomic E-state index is 12.7. The van der Waals surface area contributed by atoms with Crippen LogP contribution >= 0.6 is 0 Å². The Morgan fingerprint density at radius 1 is 1.27 bits per heavy atom. The molecule has 0 aliphatic carbocycles. The average Bonchev–Trinajstić information content (AvgIpc) is 2.86. The molecule has 2 heterocycles. The number of benzene rings is 1. The van der Waals surface area contributed by atoms with Crippen LogP contribution in [-0.2, 0) is 17.8 Å². The molecule has 0 atom stereocenters. The lowest BCUT2D eigenvalue weighted by Crippen LogP contribution is -2.28. The Hall–Kier alpha value is -2.70. The molecule has 3 rings (SSSR count). The summed E-state index contributed by atoms with van der Waals surface area (Å²) < 4.78 is 1.76. The molecule has 1 aromatic carbocycles. The zero-order chi connectivity index (χ0) is 18.7. The number of carboxylic acids is 1. The number of carboxylic acid groups (broad SMARTS) is 1. The first kappa shape index (κ1) is 18.1. The summed E-state index contributed by atoms with van der Waals surface area (Å²) in [6.07, 6.45) is 4.29. The number of hydrogen-bond acceptors (Lipinski definition) is 4. The molecule has 0 unspecified atom stereocenters. The third kappa shape index (κ3) is 3.76. The molecule has 0 spiro atoms. The van der Waals surface area contributed by atoms with E-state index in [2.05, 4.69) is 4.98 Å². The minimum absolute atomic E-state index is 0.0276. The smallest absolute Gasteiger partial charge is 0.303 e. The van der Waals surface area contributed by atoms with Crippen LogP contribution in [0.4, 0.5) is 0 Å². The zero-order valence-corrected chi connectivity index (χ0v) is 14.9. The van der Waals surface area contributed by atoms with Crippen LogP contribution in [0.15, 0.2) is 23.0 Å². The molecule has 1 aromatic heterocycles. The second kappa shape index (κ2) is 7.68. The van der Waals surface area contributed by atoms with Gasteiger partial charge in [0.05, 0.1) is 10.9 Å². The number of amides is 1. The number of hydrogen-bond donors (Lipinski definition) is 1. The van der Waals surface area contributed by atoms with E-state index in [1.165, 1.54) is 4.90 Å². The highest BCUT2D eigenvalue weighted by atomic mass is 16.4. The van der Waals surface area contributed by atoms with Crippen LogP contribution in [-0.4, -0.2) is 45.0 Å². The minimum atomic E-state index is -0.873. The maximum absolute atomic E-state index is 12.7. The van der Waals surface area contributed by atoms with Crippen molar-refractivity contribution in [2.75, 3.05) is 13.6 Å². The van der Waals surface area contributed by atoms with E-state index in [4.69, 9.17) is 5.11 Å². The zero-order valence-electron chi connectivity index (χ0n) is 14.9. The van der Waals surface area contributed by atoms with E-state index in [1.54, 1.807) is 29.8 Å². The highest BCUT2D eigenvalue weighted by Crippen LogP contribution is 2.17. The van der Waals surface area contributed by atoms with Gasteiger partial charge in [-0.05, 0) is 37.5 Å². The van der Waals surface area contributed by atoms with Crippen LogP contribution in [0.25, 0.3) is 10.9 Å². The topological polar surface area (TPSA) is 92.5 Å². The van der Waals surface area contributed by atoms with Gasteiger partial charge in [0.1, 0.15) is 5.82 Å². The van der Waals surface area contributed by atoms with Crippen molar-refractivity contribution in [1.82, 2.24) is 14.5 Å². The van der Waals surface area contributed by atoms with Gasteiger partial charge in [0.25, 0.3) is 11.5 Å². The number of aliphatic carboxylic acids is 1. The lowest BCUT2D eigenvalue weighted by Gasteiger charge is -2.17. The molecule has 1 aliphatic rings. The van der Waals surface area contributed by atoms with Crippen molar-refractivity contribution >= 4 is 22.8 Å². The molecular weight excluding hydrogens is 334 g/mol. The molecule has 7 nitrogen and oxygen atoms in total. The Morgan fingerprint density at radius 2 is 2.08 bits per heavy atom. The van der Waals surface area contributed by atoms with Crippen molar-refractivity contribution in [1.29, 1.82) is 0 Å². The molecule has 2 aromatic rings. The van der Waals surface area contributed by atoms with Crippen molar-refractivity contribution in [3.8, 4) is 0 Å². The number of carbonyl (C=O) groups is 2. The molecule has 1 N–H and O–H groups in total.